The van der Waals surface area contributed by atoms with E-state index in [1.165, 1.54) is 12.3 Å². The highest BCUT2D eigenvalue weighted by molar-refractivity contribution is 5.57. The van der Waals surface area contributed by atoms with Crippen LogP contribution in [0.4, 0.5) is 11.5 Å². The number of nitro groups is 1. The van der Waals surface area contributed by atoms with Gasteiger partial charge in [0.1, 0.15) is 5.75 Å². The second-order valence-electron chi connectivity index (χ2n) is 4.79. The van der Waals surface area contributed by atoms with E-state index < -0.39 is 11.0 Å². The standard InChI is InChI=1S/C15H17N3O4/c1-10-7-14(18(20)21)15(16-8-10)17-13(9-19)11-3-5-12(22-2)6-4-11/h3-8,13,19H,9H2,1-2H3,(H,16,17). The van der Waals surface area contributed by atoms with E-state index in [2.05, 4.69) is 10.3 Å². The van der Waals surface area contributed by atoms with Gasteiger partial charge in [0.25, 0.3) is 0 Å². The van der Waals surface area contributed by atoms with E-state index in [0.717, 1.165) is 5.56 Å². The summed E-state index contributed by atoms with van der Waals surface area (Å²) in [5.74, 6) is 0.824. The lowest BCUT2D eigenvalue weighted by Gasteiger charge is -2.17. The molecule has 2 rings (SSSR count). The van der Waals surface area contributed by atoms with Crippen LogP contribution < -0.4 is 10.1 Å². The molecular weight excluding hydrogens is 286 g/mol. The maximum absolute atomic E-state index is 11.1. The molecular formula is C15H17N3O4. The molecule has 7 nitrogen and oxygen atoms in total. The number of anilines is 1. The first-order valence-electron chi connectivity index (χ1n) is 6.67. The van der Waals surface area contributed by atoms with Gasteiger partial charge in [0.05, 0.1) is 24.7 Å². The number of nitrogens with zero attached hydrogens (tertiary/aromatic N) is 2. The van der Waals surface area contributed by atoms with E-state index in [0.29, 0.717) is 11.3 Å². The molecule has 2 aromatic rings. The number of rotatable bonds is 6. The van der Waals surface area contributed by atoms with Gasteiger partial charge >= 0.3 is 5.69 Å². The number of ether oxygens (including phenoxy) is 1. The van der Waals surface area contributed by atoms with Crippen molar-refractivity contribution in [1.29, 1.82) is 0 Å². The fourth-order valence-corrected chi connectivity index (χ4v) is 2.04. The van der Waals surface area contributed by atoms with Crippen molar-refractivity contribution in [2.24, 2.45) is 0 Å². The Kier molecular flexibility index (Phi) is 4.90. The zero-order valence-corrected chi connectivity index (χ0v) is 12.3. The Morgan fingerprint density at radius 1 is 1.41 bits per heavy atom. The fourth-order valence-electron chi connectivity index (χ4n) is 2.04. The Morgan fingerprint density at radius 3 is 2.64 bits per heavy atom. The molecule has 1 atom stereocenters. The predicted molar refractivity (Wildman–Crippen MR) is 82.1 cm³/mol. The average molecular weight is 303 g/mol. The first-order valence-corrected chi connectivity index (χ1v) is 6.67. The molecule has 1 heterocycles. The second-order valence-corrected chi connectivity index (χ2v) is 4.79. The van der Waals surface area contributed by atoms with Crippen LogP contribution in [0.3, 0.4) is 0 Å². The molecule has 0 aliphatic rings. The zero-order valence-electron chi connectivity index (χ0n) is 12.3. The number of methoxy groups -OCH3 is 1. The van der Waals surface area contributed by atoms with Crippen LogP contribution in [0.25, 0.3) is 0 Å². The average Bonchev–Trinajstić information content (AvgIpc) is 2.53. The molecule has 2 N–H and O–H groups in total. The van der Waals surface area contributed by atoms with E-state index in [1.807, 2.05) is 0 Å². The number of benzene rings is 1. The number of aromatic nitrogens is 1. The van der Waals surface area contributed by atoms with Crippen LogP contribution in [0, 0.1) is 17.0 Å². The van der Waals surface area contributed by atoms with Crippen LogP contribution in [0.1, 0.15) is 17.2 Å². The minimum absolute atomic E-state index is 0.119. The van der Waals surface area contributed by atoms with Crippen LogP contribution in [0.2, 0.25) is 0 Å². The Labute approximate surface area is 127 Å². The molecule has 0 saturated heterocycles. The van der Waals surface area contributed by atoms with E-state index >= 15 is 0 Å². The summed E-state index contributed by atoms with van der Waals surface area (Å²) in [6, 6.07) is 8.03. The van der Waals surface area contributed by atoms with Crippen molar-refractivity contribution in [3.63, 3.8) is 0 Å². The van der Waals surface area contributed by atoms with Crippen molar-refractivity contribution < 1.29 is 14.8 Å². The molecule has 0 fully saturated rings. The van der Waals surface area contributed by atoms with Crippen molar-refractivity contribution in [2.75, 3.05) is 19.0 Å². The van der Waals surface area contributed by atoms with E-state index in [4.69, 9.17) is 4.74 Å². The molecule has 7 heteroatoms. The van der Waals surface area contributed by atoms with Gasteiger partial charge in [-0.2, -0.15) is 0 Å². The Bertz CT molecular complexity index is 658. The molecule has 0 aliphatic heterocycles. The van der Waals surface area contributed by atoms with Crippen LogP contribution in [0.5, 0.6) is 5.75 Å². The van der Waals surface area contributed by atoms with Gasteiger partial charge in [-0.1, -0.05) is 12.1 Å². The first-order chi connectivity index (χ1) is 10.5. The smallest absolute Gasteiger partial charge is 0.311 e. The Hall–Kier alpha value is -2.67. The normalized spacial score (nSPS) is 11.8. The van der Waals surface area contributed by atoms with Gasteiger partial charge in [0.2, 0.25) is 5.82 Å². The second kappa shape index (κ2) is 6.86. The summed E-state index contributed by atoms with van der Waals surface area (Å²) in [5.41, 5.74) is 1.36. The highest BCUT2D eigenvalue weighted by atomic mass is 16.6. The van der Waals surface area contributed by atoms with Crippen molar-refractivity contribution in [1.82, 2.24) is 4.98 Å². The van der Waals surface area contributed by atoms with Crippen molar-refractivity contribution in [3.8, 4) is 5.75 Å². The van der Waals surface area contributed by atoms with Crippen LogP contribution in [-0.4, -0.2) is 28.7 Å². The van der Waals surface area contributed by atoms with Gasteiger partial charge < -0.3 is 15.2 Å². The molecule has 0 amide bonds. The summed E-state index contributed by atoms with van der Waals surface area (Å²) in [6.45, 7) is 1.51. The number of hydrogen-bond acceptors (Lipinski definition) is 6. The minimum Gasteiger partial charge on any atom is -0.497 e. The van der Waals surface area contributed by atoms with Gasteiger partial charge in [0.15, 0.2) is 0 Å². The first kappa shape index (κ1) is 15.7. The number of aryl methyl sites for hydroxylation is 1. The third-order valence-electron chi connectivity index (χ3n) is 3.21. The monoisotopic (exact) mass is 303 g/mol. The fraction of sp³-hybridized carbons (Fsp3) is 0.267. The van der Waals surface area contributed by atoms with E-state index in [9.17, 15) is 15.2 Å². The van der Waals surface area contributed by atoms with Crippen LogP contribution in [-0.2, 0) is 0 Å². The van der Waals surface area contributed by atoms with E-state index in [1.54, 1.807) is 38.3 Å². The third-order valence-corrected chi connectivity index (χ3v) is 3.21. The lowest BCUT2D eigenvalue weighted by atomic mass is 10.1. The molecule has 1 unspecified atom stereocenters. The van der Waals surface area contributed by atoms with Crippen LogP contribution >= 0.6 is 0 Å². The molecule has 22 heavy (non-hydrogen) atoms. The van der Waals surface area contributed by atoms with E-state index in [-0.39, 0.29) is 18.1 Å². The minimum atomic E-state index is -0.500. The summed E-state index contributed by atoms with van der Waals surface area (Å²) >= 11 is 0. The maximum atomic E-state index is 11.1. The molecule has 0 aliphatic carbocycles. The number of nitrogens with one attached hydrogen (secondary N) is 1. The summed E-state index contributed by atoms with van der Waals surface area (Å²) in [6.07, 6.45) is 1.54. The summed E-state index contributed by atoms with van der Waals surface area (Å²) in [5, 5.41) is 23.6. The topological polar surface area (TPSA) is 97.5 Å². The SMILES string of the molecule is COc1ccc(C(CO)Nc2ncc(C)cc2[N+](=O)[O-])cc1. The lowest BCUT2D eigenvalue weighted by molar-refractivity contribution is -0.384. The number of aliphatic hydroxyl groups excluding tert-OH is 1. The third kappa shape index (κ3) is 3.50. The highest BCUT2D eigenvalue weighted by Gasteiger charge is 2.19. The zero-order chi connectivity index (χ0) is 16.1. The van der Waals surface area contributed by atoms with Crippen molar-refractivity contribution in [2.45, 2.75) is 13.0 Å². The largest absolute Gasteiger partial charge is 0.497 e. The molecule has 0 radical (unpaired) electrons. The molecule has 1 aromatic heterocycles. The van der Waals surface area contributed by atoms with Gasteiger partial charge in [-0.15, -0.1) is 0 Å². The quantitative estimate of drug-likeness (QED) is 0.628. The molecule has 0 saturated carbocycles. The number of hydrogen-bond donors (Lipinski definition) is 2. The molecule has 0 bridgehead atoms. The Morgan fingerprint density at radius 2 is 2.09 bits per heavy atom. The summed E-state index contributed by atoms with van der Waals surface area (Å²) in [7, 11) is 1.57. The van der Waals surface area contributed by atoms with Gasteiger partial charge in [-0.3, -0.25) is 10.1 Å². The van der Waals surface area contributed by atoms with Gasteiger partial charge in [-0.25, -0.2) is 4.98 Å². The summed E-state index contributed by atoms with van der Waals surface area (Å²) in [4.78, 5) is 14.7. The number of aliphatic hydroxyl groups is 1. The molecule has 116 valence electrons. The summed E-state index contributed by atoms with van der Waals surface area (Å²) < 4.78 is 5.08. The lowest BCUT2D eigenvalue weighted by Crippen LogP contribution is -2.16. The van der Waals surface area contributed by atoms with Crippen molar-refractivity contribution >= 4 is 11.5 Å². The Balaban J connectivity index is 2.28. The molecule has 0 spiro atoms. The maximum Gasteiger partial charge on any atom is 0.311 e. The van der Waals surface area contributed by atoms with Crippen LogP contribution in [0.15, 0.2) is 36.5 Å². The predicted octanol–water partition coefficient (Wildman–Crippen LogP) is 2.45. The molecule has 1 aromatic carbocycles. The van der Waals surface area contributed by atoms with Gasteiger partial charge in [-0.05, 0) is 30.2 Å². The van der Waals surface area contributed by atoms with Gasteiger partial charge in [0, 0.05) is 12.3 Å². The van der Waals surface area contributed by atoms with Crippen molar-refractivity contribution in [3.05, 3.63) is 57.8 Å². The highest BCUT2D eigenvalue weighted by Crippen LogP contribution is 2.27. The number of pyridine rings is 1.